The minimum atomic E-state index is 0.335. The molecule has 0 atom stereocenters. The quantitative estimate of drug-likeness (QED) is 0.428. The molecule has 3 aromatic rings. The maximum absolute atomic E-state index is 9.17. The average Bonchev–Trinajstić information content (AvgIpc) is 2.80. The maximum atomic E-state index is 9.17. The summed E-state index contributed by atoms with van der Waals surface area (Å²) in [5.74, 6) is 2.09. The topological polar surface area (TPSA) is 75.9 Å². The van der Waals surface area contributed by atoms with Gasteiger partial charge < -0.3 is 19.6 Å². The Hall–Kier alpha value is -3.98. The predicted octanol–water partition coefficient (Wildman–Crippen LogP) is 4.28. The van der Waals surface area contributed by atoms with E-state index < -0.39 is 0 Å². The van der Waals surface area contributed by atoms with Crippen LogP contribution in [-0.2, 0) is 13.2 Å². The molecule has 0 heterocycles. The number of nitriles is 1. The Labute approximate surface area is 176 Å². The van der Waals surface area contributed by atoms with Gasteiger partial charge in [0.2, 0.25) is 0 Å². The molecule has 0 aromatic heterocycles. The second kappa shape index (κ2) is 10.5. The highest BCUT2D eigenvalue weighted by atomic mass is 16.5. The lowest BCUT2D eigenvalue weighted by Crippen LogP contribution is -2.06. The first-order valence-corrected chi connectivity index (χ1v) is 9.41. The van der Waals surface area contributed by atoms with E-state index in [4.69, 9.17) is 14.2 Å². The smallest absolute Gasteiger partial charge is 0.161 e. The van der Waals surface area contributed by atoms with Gasteiger partial charge in [-0.1, -0.05) is 36.4 Å². The molecule has 6 nitrogen and oxygen atoms in total. The van der Waals surface area contributed by atoms with Crippen LogP contribution >= 0.6 is 0 Å². The number of hydrogen-bond acceptors (Lipinski definition) is 6. The number of methoxy groups -OCH3 is 2. The molecule has 0 saturated carbocycles. The van der Waals surface area contributed by atoms with Crippen LogP contribution in [0.25, 0.3) is 0 Å². The maximum Gasteiger partial charge on any atom is 0.161 e. The van der Waals surface area contributed by atoms with Crippen LogP contribution in [0.15, 0.2) is 71.8 Å². The molecule has 3 aromatic carbocycles. The molecule has 30 heavy (non-hydrogen) atoms. The van der Waals surface area contributed by atoms with Gasteiger partial charge in [0.05, 0.1) is 38.6 Å². The summed E-state index contributed by atoms with van der Waals surface area (Å²) in [5.41, 5.74) is 6.43. The van der Waals surface area contributed by atoms with E-state index in [0.29, 0.717) is 36.0 Å². The summed E-state index contributed by atoms with van der Waals surface area (Å²) in [6.45, 7) is 0.889. The van der Waals surface area contributed by atoms with Crippen molar-refractivity contribution in [2.75, 3.05) is 14.2 Å². The van der Waals surface area contributed by atoms with Gasteiger partial charge in [0.25, 0.3) is 0 Å². The van der Waals surface area contributed by atoms with E-state index in [1.54, 1.807) is 26.5 Å². The van der Waals surface area contributed by atoms with Crippen molar-refractivity contribution in [3.8, 4) is 23.3 Å². The van der Waals surface area contributed by atoms with Gasteiger partial charge in [-0.2, -0.15) is 10.4 Å². The summed E-state index contributed by atoms with van der Waals surface area (Å²) in [7, 11) is 3.22. The van der Waals surface area contributed by atoms with Gasteiger partial charge in [-0.25, -0.2) is 0 Å². The van der Waals surface area contributed by atoms with Crippen LogP contribution in [0.3, 0.4) is 0 Å². The van der Waals surface area contributed by atoms with E-state index in [0.717, 1.165) is 16.7 Å². The molecule has 0 bridgehead atoms. The molecule has 6 heteroatoms. The van der Waals surface area contributed by atoms with Gasteiger partial charge in [-0.05, 0) is 41.5 Å². The number of hydrogen-bond donors (Lipinski definition) is 1. The first-order valence-electron chi connectivity index (χ1n) is 9.41. The van der Waals surface area contributed by atoms with Crippen molar-refractivity contribution in [2.24, 2.45) is 5.10 Å². The van der Waals surface area contributed by atoms with Crippen LogP contribution in [0, 0.1) is 11.3 Å². The van der Waals surface area contributed by atoms with Gasteiger partial charge in [-0.3, -0.25) is 0 Å². The standard InChI is InChI=1S/C24H23N3O3/c1-28-23-11-10-19(13-24(23)29-2)16-27-26-15-18-6-5-9-22(12-18)30-17-21-8-4-3-7-20(21)14-25/h3-13,15,27H,16-17H2,1-2H3/b26-15+. The van der Waals surface area contributed by atoms with Crippen LogP contribution in [0.1, 0.15) is 22.3 Å². The number of benzene rings is 3. The second-order valence-electron chi connectivity index (χ2n) is 6.41. The molecule has 0 aliphatic rings. The third-order valence-corrected chi connectivity index (χ3v) is 4.43. The number of nitrogens with zero attached hydrogens (tertiary/aromatic N) is 2. The van der Waals surface area contributed by atoms with E-state index in [-0.39, 0.29) is 0 Å². The molecular formula is C24H23N3O3. The number of ether oxygens (including phenoxy) is 3. The minimum Gasteiger partial charge on any atom is -0.493 e. The van der Waals surface area contributed by atoms with Gasteiger partial charge in [0.1, 0.15) is 12.4 Å². The molecular weight excluding hydrogens is 378 g/mol. The van der Waals surface area contributed by atoms with Crippen molar-refractivity contribution in [3.63, 3.8) is 0 Å². The Morgan fingerprint density at radius 1 is 0.967 bits per heavy atom. The lowest BCUT2D eigenvalue weighted by molar-refractivity contribution is 0.306. The number of rotatable bonds is 9. The third kappa shape index (κ3) is 5.52. The largest absolute Gasteiger partial charge is 0.493 e. The van der Waals surface area contributed by atoms with Crippen molar-refractivity contribution in [1.29, 1.82) is 5.26 Å². The molecule has 0 spiro atoms. The number of hydrazone groups is 1. The molecule has 0 amide bonds. The van der Waals surface area contributed by atoms with Crippen molar-refractivity contribution in [3.05, 3.63) is 89.0 Å². The Morgan fingerprint density at radius 3 is 2.60 bits per heavy atom. The van der Waals surface area contributed by atoms with E-state index in [2.05, 4.69) is 16.6 Å². The zero-order valence-electron chi connectivity index (χ0n) is 17.0. The summed E-state index contributed by atoms with van der Waals surface area (Å²) < 4.78 is 16.4. The van der Waals surface area contributed by atoms with Gasteiger partial charge >= 0.3 is 0 Å². The highest BCUT2D eigenvalue weighted by molar-refractivity contribution is 5.79. The van der Waals surface area contributed by atoms with Crippen LogP contribution in [0.2, 0.25) is 0 Å². The van der Waals surface area contributed by atoms with Crippen molar-refractivity contribution < 1.29 is 14.2 Å². The Bertz CT molecular complexity index is 1060. The molecule has 152 valence electrons. The van der Waals surface area contributed by atoms with Crippen LogP contribution in [0.5, 0.6) is 17.2 Å². The molecule has 0 aliphatic heterocycles. The number of nitrogens with one attached hydrogen (secondary N) is 1. The minimum absolute atomic E-state index is 0.335. The normalized spacial score (nSPS) is 10.4. The average molecular weight is 401 g/mol. The third-order valence-electron chi connectivity index (χ3n) is 4.43. The summed E-state index contributed by atoms with van der Waals surface area (Å²) in [6, 6.07) is 22.9. The molecule has 0 aliphatic carbocycles. The summed E-state index contributed by atoms with van der Waals surface area (Å²) >= 11 is 0. The first kappa shape index (κ1) is 20.7. The van der Waals surface area contributed by atoms with Crippen LogP contribution in [0.4, 0.5) is 0 Å². The fourth-order valence-corrected chi connectivity index (χ4v) is 2.85. The molecule has 3 rings (SSSR count). The van der Waals surface area contributed by atoms with E-state index in [1.807, 2.05) is 60.7 Å². The van der Waals surface area contributed by atoms with Gasteiger partial charge in [-0.15, -0.1) is 0 Å². The first-order chi connectivity index (χ1) is 14.7. The summed E-state index contributed by atoms with van der Waals surface area (Å²) in [5, 5.41) is 13.5. The Balaban J connectivity index is 1.56. The Morgan fingerprint density at radius 2 is 1.80 bits per heavy atom. The fourth-order valence-electron chi connectivity index (χ4n) is 2.85. The second-order valence-corrected chi connectivity index (χ2v) is 6.41. The lowest BCUT2D eigenvalue weighted by atomic mass is 10.1. The van der Waals surface area contributed by atoms with E-state index in [9.17, 15) is 5.26 Å². The van der Waals surface area contributed by atoms with E-state index in [1.165, 1.54) is 0 Å². The molecule has 0 saturated heterocycles. The van der Waals surface area contributed by atoms with Gasteiger partial charge in [0.15, 0.2) is 11.5 Å². The molecule has 0 fully saturated rings. The van der Waals surface area contributed by atoms with Crippen molar-refractivity contribution >= 4 is 6.21 Å². The van der Waals surface area contributed by atoms with Crippen molar-refractivity contribution in [2.45, 2.75) is 13.2 Å². The molecule has 0 unspecified atom stereocenters. The summed E-state index contributed by atoms with van der Waals surface area (Å²) in [4.78, 5) is 0. The van der Waals surface area contributed by atoms with Crippen LogP contribution < -0.4 is 19.6 Å². The molecule has 0 radical (unpaired) electrons. The summed E-state index contributed by atoms with van der Waals surface area (Å²) in [6.07, 6.45) is 1.73. The monoisotopic (exact) mass is 401 g/mol. The Kier molecular flexibility index (Phi) is 7.28. The van der Waals surface area contributed by atoms with Gasteiger partial charge in [0, 0.05) is 5.56 Å². The predicted molar refractivity (Wildman–Crippen MR) is 116 cm³/mol. The van der Waals surface area contributed by atoms with Crippen LogP contribution in [-0.4, -0.2) is 20.4 Å². The SMILES string of the molecule is COc1ccc(CN/N=C/c2cccc(OCc3ccccc3C#N)c2)cc1OC. The van der Waals surface area contributed by atoms with Crippen molar-refractivity contribution in [1.82, 2.24) is 5.43 Å². The molecule has 1 N–H and O–H groups in total. The fraction of sp³-hybridized carbons (Fsp3) is 0.167. The van der Waals surface area contributed by atoms with E-state index >= 15 is 0 Å². The lowest BCUT2D eigenvalue weighted by Gasteiger charge is -2.09. The highest BCUT2D eigenvalue weighted by Gasteiger charge is 2.04. The zero-order valence-corrected chi connectivity index (χ0v) is 17.0. The highest BCUT2D eigenvalue weighted by Crippen LogP contribution is 2.27. The zero-order chi connectivity index (χ0) is 21.2.